The first-order chi connectivity index (χ1) is 11.1. The molecule has 3 heterocycles. The fourth-order valence-corrected chi connectivity index (χ4v) is 3.62. The highest BCUT2D eigenvalue weighted by Gasteiger charge is 2.65. The number of hydrogen-bond acceptors (Lipinski definition) is 9. The second-order valence-electron chi connectivity index (χ2n) is 5.25. The smallest absolute Gasteiger partial charge is 0.362 e. The van der Waals surface area contributed by atoms with Crippen molar-refractivity contribution in [3.8, 4) is 0 Å². The summed E-state index contributed by atoms with van der Waals surface area (Å²) in [5.41, 5.74) is 4.47. The van der Waals surface area contributed by atoms with Crippen molar-refractivity contribution in [2.24, 2.45) is 0 Å². The lowest BCUT2D eigenvalue weighted by molar-refractivity contribution is -0.0594. The van der Waals surface area contributed by atoms with E-state index in [0.29, 0.717) is 0 Å². The number of aromatic nitrogens is 4. The van der Waals surface area contributed by atoms with Crippen LogP contribution in [0.25, 0.3) is 11.2 Å². The van der Waals surface area contributed by atoms with Crippen LogP contribution < -0.4 is 11.3 Å². The van der Waals surface area contributed by atoms with Crippen molar-refractivity contribution >= 4 is 24.7 Å². The predicted molar refractivity (Wildman–Crippen MR) is 76.6 cm³/mol. The Hall–Kier alpha value is -1.86. The Balaban J connectivity index is 2.15. The van der Waals surface area contributed by atoms with Crippen molar-refractivity contribution in [3.63, 3.8) is 0 Å². The number of ether oxygens (including phenoxy) is 1. The molecule has 3 rings (SSSR count). The summed E-state index contributed by atoms with van der Waals surface area (Å²) < 4.78 is 17.8. The van der Waals surface area contributed by atoms with E-state index in [0.717, 1.165) is 10.9 Å². The monoisotopic (exact) mass is 363 g/mol. The number of nitrogens with one attached hydrogen (secondary N) is 1. The number of nitrogens with two attached hydrogens (primary N) is 1. The zero-order valence-corrected chi connectivity index (χ0v) is 12.7. The molecular weight excluding hydrogens is 349 g/mol. The fraction of sp³-hybridized carbons (Fsp3) is 0.500. The number of fused-ring (bicyclic) bond motifs is 1. The van der Waals surface area contributed by atoms with Gasteiger partial charge >= 0.3 is 7.60 Å². The standard InChI is InChI=1S/C10H14N5O8P/c11-9-13-6-4(7(18)14-9)12-2-15(6)8-5(17)10(19,24(20,21)22)3(1-16)23-8/h2-3,5,8,16-17,19H,1H2,(H2,20,21,22)(H3,11,13,14,18)/t3-,5+,8-,10+/m1/s1. The number of anilines is 1. The zero-order valence-electron chi connectivity index (χ0n) is 11.8. The van der Waals surface area contributed by atoms with Gasteiger partial charge in [0.1, 0.15) is 12.2 Å². The van der Waals surface area contributed by atoms with Crippen LogP contribution in [0.3, 0.4) is 0 Å². The van der Waals surface area contributed by atoms with Gasteiger partial charge in [-0.1, -0.05) is 0 Å². The summed E-state index contributed by atoms with van der Waals surface area (Å²) in [5.74, 6) is -0.259. The second kappa shape index (κ2) is 5.32. The van der Waals surface area contributed by atoms with E-state index in [-0.39, 0.29) is 17.1 Å². The lowest BCUT2D eigenvalue weighted by Crippen LogP contribution is -2.48. The first-order valence-electron chi connectivity index (χ1n) is 6.56. The molecule has 1 aliphatic rings. The number of nitrogen functional groups attached to an aromatic ring is 1. The maximum Gasteiger partial charge on any atom is 0.362 e. The summed E-state index contributed by atoms with van der Waals surface area (Å²) in [5, 5.41) is 26.7. The van der Waals surface area contributed by atoms with Crippen LogP contribution in [-0.2, 0) is 9.30 Å². The molecule has 24 heavy (non-hydrogen) atoms. The Labute approximate surface area is 132 Å². The third kappa shape index (κ3) is 2.18. The molecule has 8 N–H and O–H groups in total. The SMILES string of the molecule is Nc1nc2c(ncn2[C@@H]2O[C@H](CO)[C@](O)(P(=O)(O)O)[C@H]2O)c(=O)[nH]1. The van der Waals surface area contributed by atoms with E-state index in [1.807, 2.05) is 0 Å². The lowest BCUT2D eigenvalue weighted by atomic mass is 10.1. The summed E-state index contributed by atoms with van der Waals surface area (Å²) in [6, 6.07) is 0. The van der Waals surface area contributed by atoms with Crippen LogP contribution in [0.2, 0.25) is 0 Å². The minimum atomic E-state index is -5.30. The van der Waals surface area contributed by atoms with E-state index in [4.69, 9.17) is 10.5 Å². The van der Waals surface area contributed by atoms with Gasteiger partial charge < -0.3 is 35.6 Å². The van der Waals surface area contributed by atoms with E-state index >= 15 is 0 Å². The number of aliphatic hydroxyl groups is 3. The average Bonchev–Trinajstić information content (AvgIpc) is 3.00. The number of imidazole rings is 1. The normalized spacial score (nSPS) is 31.0. The molecule has 2 aromatic rings. The number of rotatable bonds is 3. The van der Waals surface area contributed by atoms with Gasteiger partial charge in [0.25, 0.3) is 5.56 Å². The first kappa shape index (κ1) is 17.0. The third-order valence-electron chi connectivity index (χ3n) is 3.84. The molecule has 0 unspecified atom stereocenters. The highest BCUT2D eigenvalue weighted by molar-refractivity contribution is 7.53. The molecule has 1 aliphatic heterocycles. The first-order valence-corrected chi connectivity index (χ1v) is 8.17. The minimum Gasteiger partial charge on any atom is -0.394 e. The van der Waals surface area contributed by atoms with E-state index in [1.165, 1.54) is 0 Å². The molecule has 0 aliphatic carbocycles. The zero-order chi connectivity index (χ0) is 17.9. The molecule has 0 aromatic carbocycles. The quantitative estimate of drug-likeness (QED) is 0.270. The molecule has 132 valence electrons. The van der Waals surface area contributed by atoms with Crippen molar-refractivity contribution in [1.82, 2.24) is 19.5 Å². The van der Waals surface area contributed by atoms with Gasteiger partial charge in [0, 0.05) is 0 Å². The Morgan fingerprint density at radius 2 is 2.17 bits per heavy atom. The molecule has 2 aromatic heterocycles. The third-order valence-corrected chi connectivity index (χ3v) is 5.33. The van der Waals surface area contributed by atoms with E-state index < -0.39 is 43.5 Å². The van der Waals surface area contributed by atoms with E-state index in [9.17, 15) is 34.5 Å². The van der Waals surface area contributed by atoms with E-state index in [2.05, 4.69) is 15.0 Å². The van der Waals surface area contributed by atoms with Crippen molar-refractivity contribution in [3.05, 3.63) is 16.7 Å². The largest absolute Gasteiger partial charge is 0.394 e. The number of aliphatic hydroxyl groups excluding tert-OH is 2. The maximum atomic E-state index is 11.7. The van der Waals surface area contributed by atoms with Gasteiger partial charge in [-0.05, 0) is 0 Å². The number of nitrogens with zero attached hydrogens (tertiary/aromatic N) is 3. The predicted octanol–water partition coefficient (Wildman–Crippen LogP) is -3.18. The Kier molecular flexibility index (Phi) is 3.77. The highest BCUT2D eigenvalue weighted by atomic mass is 31.2. The molecule has 14 heteroatoms. The number of H-pyrrole nitrogens is 1. The van der Waals surface area contributed by atoms with Crippen LogP contribution in [0, 0.1) is 0 Å². The van der Waals surface area contributed by atoms with Gasteiger partial charge in [-0.2, -0.15) is 4.98 Å². The summed E-state index contributed by atoms with van der Waals surface area (Å²) in [7, 11) is -5.30. The Bertz CT molecular complexity index is 891. The number of aromatic amines is 1. The molecule has 4 atom stereocenters. The van der Waals surface area contributed by atoms with Crippen LogP contribution in [0.4, 0.5) is 5.95 Å². The topological polar surface area (TPSA) is 217 Å². The minimum absolute atomic E-state index is 0.132. The van der Waals surface area contributed by atoms with Crippen LogP contribution >= 0.6 is 7.60 Å². The molecule has 0 amide bonds. The molecule has 0 radical (unpaired) electrons. The molecule has 1 saturated heterocycles. The molecule has 0 spiro atoms. The Morgan fingerprint density at radius 1 is 1.50 bits per heavy atom. The van der Waals surface area contributed by atoms with Crippen molar-refractivity contribution in [2.75, 3.05) is 12.3 Å². The van der Waals surface area contributed by atoms with Gasteiger partial charge in [0.15, 0.2) is 17.4 Å². The van der Waals surface area contributed by atoms with Crippen molar-refractivity contribution < 1.29 is 34.4 Å². The van der Waals surface area contributed by atoms with Crippen molar-refractivity contribution in [2.45, 2.75) is 23.8 Å². The highest BCUT2D eigenvalue weighted by Crippen LogP contribution is 2.59. The maximum absolute atomic E-state index is 11.7. The van der Waals surface area contributed by atoms with Crippen LogP contribution in [0.1, 0.15) is 6.23 Å². The van der Waals surface area contributed by atoms with E-state index in [1.54, 1.807) is 0 Å². The Morgan fingerprint density at radius 3 is 2.71 bits per heavy atom. The lowest BCUT2D eigenvalue weighted by Gasteiger charge is -2.30. The molecule has 13 nitrogen and oxygen atoms in total. The van der Waals surface area contributed by atoms with Gasteiger partial charge in [-0.15, -0.1) is 0 Å². The number of hydrogen-bond donors (Lipinski definition) is 7. The summed E-state index contributed by atoms with van der Waals surface area (Å²) in [6.07, 6.45) is -4.47. The van der Waals surface area contributed by atoms with Gasteiger partial charge in [0.2, 0.25) is 11.3 Å². The van der Waals surface area contributed by atoms with Crippen LogP contribution in [-0.4, -0.2) is 68.8 Å². The van der Waals surface area contributed by atoms with Gasteiger partial charge in [0.05, 0.1) is 12.9 Å². The summed E-state index contributed by atoms with van der Waals surface area (Å²) in [4.78, 5) is 40.3. The van der Waals surface area contributed by atoms with Crippen LogP contribution in [0.15, 0.2) is 11.1 Å². The van der Waals surface area contributed by atoms with Crippen LogP contribution in [0.5, 0.6) is 0 Å². The molecular formula is C10H14N5O8P. The van der Waals surface area contributed by atoms with Gasteiger partial charge in [-0.25, -0.2) is 4.98 Å². The second-order valence-corrected chi connectivity index (χ2v) is 7.05. The van der Waals surface area contributed by atoms with Crippen molar-refractivity contribution in [1.29, 1.82) is 0 Å². The summed E-state index contributed by atoms with van der Waals surface area (Å²) in [6.45, 7) is -0.974. The average molecular weight is 363 g/mol. The summed E-state index contributed by atoms with van der Waals surface area (Å²) >= 11 is 0. The molecule has 1 fully saturated rings. The molecule has 0 saturated carbocycles. The molecule has 0 bridgehead atoms. The fourth-order valence-electron chi connectivity index (χ4n) is 2.63. The van der Waals surface area contributed by atoms with Gasteiger partial charge in [-0.3, -0.25) is 18.9 Å².